The van der Waals surface area contributed by atoms with Gasteiger partial charge in [-0.25, -0.2) is 4.79 Å². The minimum absolute atomic E-state index is 0.369. The maximum absolute atomic E-state index is 10.9. The van der Waals surface area contributed by atoms with Gasteiger partial charge in [0.1, 0.15) is 0 Å². The van der Waals surface area contributed by atoms with Crippen molar-refractivity contribution in [2.45, 2.75) is 44.7 Å². The van der Waals surface area contributed by atoms with Crippen molar-refractivity contribution in [1.29, 1.82) is 0 Å². The number of aromatic carboxylic acids is 1. The first-order valence-corrected chi connectivity index (χ1v) is 8.51. The van der Waals surface area contributed by atoms with Crippen LogP contribution in [0.25, 0.3) is 0 Å². The van der Waals surface area contributed by atoms with Crippen molar-refractivity contribution in [2.75, 3.05) is 26.2 Å². The maximum atomic E-state index is 10.9. The fourth-order valence-electron chi connectivity index (χ4n) is 3.78. The molecule has 0 aromatic heterocycles. The summed E-state index contributed by atoms with van der Waals surface area (Å²) >= 11 is 0. The molecule has 0 bridgehead atoms. The van der Waals surface area contributed by atoms with Gasteiger partial charge in [0.25, 0.3) is 0 Å². The van der Waals surface area contributed by atoms with Gasteiger partial charge in [0.05, 0.1) is 5.56 Å². The van der Waals surface area contributed by atoms with Crippen molar-refractivity contribution in [2.24, 2.45) is 0 Å². The molecule has 2 fully saturated rings. The van der Waals surface area contributed by atoms with Crippen LogP contribution < -0.4 is 0 Å². The SMILES string of the molecule is O=C(O)c1ccc(CN2CCCC(N3CCCC3)CC2)cc1. The second kappa shape index (κ2) is 7.25. The summed E-state index contributed by atoms with van der Waals surface area (Å²) < 4.78 is 0. The second-order valence-corrected chi connectivity index (χ2v) is 6.61. The number of hydrogen-bond acceptors (Lipinski definition) is 3. The molecule has 4 heteroatoms. The number of likely N-dealkylation sites (tertiary alicyclic amines) is 2. The van der Waals surface area contributed by atoms with Gasteiger partial charge in [-0.05, 0) is 76.0 Å². The Kier molecular flexibility index (Phi) is 5.11. The van der Waals surface area contributed by atoms with Crippen LogP contribution >= 0.6 is 0 Å². The molecule has 0 amide bonds. The lowest BCUT2D eigenvalue weighted by Gasteiger charge is -2.26. The van der Waals surface area contributed by atoms with Crippen molar-refractivity contribution >= 4 is 5.97 Å². The highest BCUT2D eigenvalue weighted by molar-refractivity contribution is 5.87. The van der Waals surface area contributed by atoms with Gasteiger partial charge in [0.15, 0.2) is 0 Å². The number of rotatable bonds is 4. The average molecular weight is 302 g/mol. The first-order valence-electron chi connectivity index (χ1n) is 8.51. The third-order valence-corrected chi connectivity index (χ3v) is 5.05. The van der Waals surface area contributed by atoms with Crippen LogP contribution in [-0.2, 0) is 6.54 Å². The number of hydrogen-bond donors (Lipinski definition) is 1. The van der Waals surface area contributed by atoms with Crippen molar-refractivity contribution in [1.82, 2.24) is 9.80 Å². The molecule has 1 atom stereocenters. The molecule has 0 spiro atoms. The Labute approximate surface area is 132 Å². The number of carboxylic acid groups (broad SMARTS) is 1. The Hall–Kier alpha value is -1.39. The van der Waals surface area contributed by atoms with Gasteiger partial charge < -0.3 is 10.0 Å². The van der Waals surface area contributed by atoms with Crippen LogP contribution in [0.3, 0.4) is 0 Å². The van der Waals surface area contributed by atoms with E-state index in [1.54, 1.807) is 12.1 Å². The van der Waals surface area contributed by atoms with E-state index in [1.807, 2.05) is 12.1 Å². The van der Waals surface area contributed by atoms with E-state index in [4.69, 9.17) is 5.11 Å². The van der Waals surface area contributed by atoms with Gasteiger partial charge in [-0.1, -0.05) is 12.1 Å². The van der Waals surface area contributed by atoms with Crippen LogP contribution in [0.15, 0.2) is 24.3 Å². The zero-order chi connectivity index (χ0) is 15.4. The van der Waals surface area contributed by atoms with E-state index in [0.717, 1.165) is 25.7 Å². The average Bonchev–Trinajstić information content (AvgIpc) is 2.96. The largest absolute Gasteiger partial charge is 0.478 e. The Morgan fingerprint density at radius 1 is 1.00 bits per heavy atom. The molecule has 1 aromatic carbocycles. The summed E-state index contributed by atoms with van der Waals surface area (Å²) in [5.74, 6) is -0.852. The summed E-state index contributed by atoms with van der Waals surface area (Å²) in [5.41, 5.74) is 1.58. The summed E-state index contributed by atoms with van der Waals surface area (Å²) in [6, 6.07) is 8.10. The fourth-order valence-corrected chi connectivity index (χ4v) is 3.78. The van der Waals surface area contributed by atoms with E-state index < -0.39 is 5.97 Å². The van der Waals surface area contributed by atoms with Crippen molar-refractivity contribution in [3.63, 3.8) is 0 Å². The van der Waals surface area contributed by atoms with E-state index in [1.165, 1.54) is 50.8 Å². The molecule has 2 saturated heterocycles. The third kappa shape index (κ3) is 3.87. The van der Waals surface area contributed by atoms with Crippen molar-refractivity contribution < 1.29 is 9.90 Å². The Balaban J connectivity index is 1.53. The molecule has 120 valence electrons. The highest BCUT2D eigenvalue weighted by atomic mass is 16.4. The topological polar surface area (TPSA) is 43.8 Å². The number of benzene rings is 1. The molecule has 4 nitrogen and oxygen atoms in total. The first-order chi connectivity index (χ1) is 10.7. The predicted octanol–water partition coefficient (Wildman–Crippen LogP) is 2.84. The molecule has 1 unspecified atom stereocenters. The Bertz CT molecular complexity index is 494. The van der Waals surface area contributed by atoms with Crippen LogP contribution in [0.4, 0.5) is 0 Å². The summed E-state index contributed by atoms with van der Waals surface area (Å²) in [6.07, 6.45) is 6.61. The van der Waals surface area contributed by atoms with Crippen LogP contribution in [0.1, 0.15) is 48.0 Å². The van der Waals surface area contributed by atoms with Crippen LogP contribution in [0.2, 0.25) is 0 Å². The molecule has 3 rings (SSSR count). The van der Waals surface area contributed by atoms with E-state index in [0.29, 0.717) is 5.56 Å². The molecule has 22 heavy (non-hydrogen) atoms. The molecule has 1 N–H and O–H groups in total. The molecular weight excluding hydrogens is 276 g/mol. The van der Waals surface area contributed by atoms with Gasteiger partial charge in [0.2, 0.25) is 0 Å². The second-order valence-electron chi connectivity index (χ2n) is 6.61. The molecule has 0 saturated carbocycles. The van der Waals surface area contributed by atoms with Crippen molar-refractivity contribution in [3.8, 4) is 0 Å². The fraction of sp³-hybridized carbons (Fsp3) is 0.611. The van der Waals surface area contributed by atoms with Gasteiger partial charge in [-0.15, -0.1) is 0 Å². The van der Waals surface area contributed by atoms with Gasteiger partial charge >= 0.3 is 5.97 Å². The molecule has 2 aliphatic heterocycles. The third-order valence-electron chi connectivity index (χ3n) is 5.05. The lowest BCUT2D eigenvalue weighted by atomic mass is 10.1. The van der Waals surface area contributed by atoms with Gasteiger partial charge in [-0.2, -0.15) is 0 Å². The number of nitrogens with zero attached hydrogens (tertiary/aromatic N) is 2. The van der Waals surface area contributed by atoms with Gasteiger partial charge in [-0.3, -0.25) is 4.90 Å². The molecular formula is C18H26N2O2. The van der Waals surface area contributed by atoms with E-state index in [-0.39, 0.29) is 0 Å². The van der Waals surface area contributed by atoms with E-state index in [2.05, 4.69) is 9.80 Å². The molecule has 0 radical (unpaired) electrons. The predicted molar refractivity (Wildman–Crippen MR) is 87.1 cm³/mol. The van der Waals surface area contributed by atoms with E-state index >= 15 is 0 Å². The summed E-state index contributed by atoms with van der Waals surface area (Å²) in [6.45, 7) is 5.84. The summed E-state index contributed by atoms with van der Waals surface area (Å²) in [5, 5.41) is 8.95. The number of carboxylic acids is 1. The van der Waals surface area contributed by atoms with Crippen molar-refractivity contribution in [3.05, 3.63) is 35.4 Å². The van der Waals surface area contributed by atoms with Crippen LogP contribution in [0, 0.1) is 0 Å². The minimum Gasteiger partial charge on any atom is -0.478 e. The molecule has 2 heterocycles. The highest BCUT2D eigenvalue weighted by Crippen LogP contribution is 2.22. The standard InChI is InChI=1S/C18H26N2O2/c21-18(22)16-7-5-15(6-8-16)14-19-10-3-4-17(9-13-19)20-11-1-2-12-20/h5-8,17H,1-4,9-14H2,(H,21,22). The quantitative estimate of drug-likeness (QED) is 0.929. The smallest absolute Gasteiger partial charge is 0.335 e. The Morgan fingerprint density at radius 2 is 1.73 bits per heavy atom. The lowest BCUT2D eigenvalue weighted by Crippen LogP contribution is -2.33. The zero-order valence-electron chi connectivity index (χ0n) is 13.2. The normalized spacial score (nSPS) is 24.3. The minimum atomic E-state index is -0.852. The Morgan fingerprint density at radius 3 is 2.41 bits per heavy atom. The van der Waals surface area contributed by atoms with E-state index in [9.17, 15) is 4.79 Å². The van der Waals surface area contributed by atoms with Crippen LogP contribution in [0.5, 0.6) is 0 Å². The monoisotopic (exact) mass is 302 g/mol. The highest BCUT2D eigenvalue weighted by Gasteiger charge is 2.24. The summed E-state index contributed by atoms with van der Waals surface area (Å²) in [4.78, 5) is 16.1. The zero-order valence-corrected chi connectivity index (χ0v) is 13.2. The maximum Gasteiger partial charge on any atom is 0.335 e. The summed E-state index contributed by atoms with van der Waals surface area (Å²) in [7, 11) is 0. The lowest BCUT2D eigenvalue weighted by molar-refractivity contribution is 0.0697. The molecule has 1 aromatic rings. The van der Waals surface area contributed by atoms with Crippen LogP contribution in [-0.4, -0.2) is 53.1 Å². The number of carbonyl (C=O) groups is 1. The first kappa shape index (κ1) is 15.5. The van der Waals surface area contributed by atoms with Gasteiger partial charge in [0, 0.05) is 12.6 Å². The molecule has 0 aliphatic carbocycles. The molecule has 2 aliphatic rings.